The Balaban J connectivity index is 0.000000155. The van der Waals surface area contributed by atoms with Crippen LogP contribution >= 0.6 is 0 Å². The van der Waals surface area contributed by atoms with E-state index in [1.807, 2.05) is 18.5 Å². The third-order valence-electron chi connectivity index (χ3n) is 3.87. The minimum Gasteiger partial charge on any atom is -0.303 e. The van der Waals surface area contributed by atoms with Crippen LogP contribution < -0.4 is 0 Å². The molecule has 0 unspecified atom stereocenters. The van der Waals surface area contributed by atoms with Gasteiger partial charge in [-0.1, -0.05) is 44.0 Å². The first-order valence-electron chi connectivity index (χ1n) is 8.18. The van der Waals surface area contributed by atoms with Gasteiger partial charge in [-0.2, -0.15) is 0 Å². The number of likely N-dealkylation sites (tertiary alicyclic amines) is 1. The number of hydrogen-bond donors (Lipinski definition) is 0. The molecule has 3 rings (SSSR count). The van der Waals surface area contributed by atoms with Gasteiger partial charge in [-0.05, 0) is 50.2 Å². The maximum Gasteiger partial charge on any atom is 0.0346 e. The molecule has 0 atom stereocenters. The molecular formula is C19H28N2. The number of benzene rings is 1. The van der Waals surface area contributed by atoms with Gasteiger partial charge in [0.15, 0.2) is 0 Å². The highest BCUT2D eigenvalue weighted by atomic mass is 15.1. The molecule has 0 N–H and O–H groups in total. The second kappa shape index (κ2) is 8.14. The summed E-state index contributed by atoms with van der Waals surface area (Å²) in [5.74, 6) is 0.845. The zero-order valence-electron chi connectivity index (χ0n) is 13.7. The van der Waals surface area contributed by atoms with E-state index in [9.17, 15) is 0 Å². The summed E-state index contributed by atoms with van der Waals surface area (Å²) in [6.07, 6.45) is 8.00. The van der Waals surface area contributed by atoms with Crippen LogP contribution in [0.3, 0.4) is 0 Å². The van der Waals surface area contributed by atoms with Crippen LogP contribution in [0.15, 0.2) is 36.7 Å². The summed E-state index contributed by atoms with van der Waals surface area (Å²) in [6, 6.07) is 8.39. The van der Waals surface area contributed by atoms with Crippen molar-refractivity contribution in [3.8, 4) is 0 Å². The zero-order valence-corrected chi connectivity index (χ0v) is 13.7. The molecule has 0 bridgehead atoms. The van der Waals surface area contributed by atoms with Crippen molar-refractivity contribution in [3.05, 3.63) is 42.2 Å². The van der Waals surface area contributed by atoms with E-state index in [1.54, 1.807) is 0 Å². The van der Waals surface area contributed by atoms with E-state index >= 15 is 0 Å². The second-order valence-corrected chi connectivity index (χ2v) is 6.48. The molecule has 1 saturated heterocycles. The fraction of sp³-hybridized carbons (Fsp3) is 0.526. The number of fused-ring (bicyclic) bond motifs is 1. The van der Waals surface area contributed by atoms with Crippen molar-refractivity contribution in [3.63, 3.8) is 0 Å². The number of rotatable bonds is 2. The second-order valence-electron chi connectivity index (χ2n) is 6.48. The molecule has 114 valence electrons. The summed E-state index contributed by atoms with van der Waals surface area (Å²) in [7, 11) is 0. The van der Waals surface area contributed by atoms with E-state index in [4.69, 9.17) is 0 Å². The first-order chi connectivity index (χ1) is 10.1. The predicted octanol–water partition coefficient (Wildman–Crippen LogP) is 4.67. The average Bonchev–Trinajstić information content (AvgIpc) is 2.48. The molecule has 0 spiro atoms. The summed E-state index contributed by atoms with van der Waals surface area (Å²) in [4.78, 5) is 6.63. The lowest BCUT2D eigenvalue weighted by molar-refractivity contribution is 0.206. The highest BCUT2D eigenvalue weighted by molar-refractivity contribution is 5.81. The van der Waals surface area contributed by atoms with Crippen molar-refractivity contribution < 1.29 is 0 Å². The fourth-order valence-corrected chi connectivity index (χ4v) is 2.86. The number of aromatic nitrogens is 1. The zero-order chi connectivity index (χ0) is 15.1. The van der Waals surface area contributed by atoms with Crippen molar-refractivity contribution in [2.75, 3.05) is 19.6 Å². The number of piperidine rings is 1. The van der Waals surface area contributed by atoms with Crippen molar-refractivity contribution in [1.82, 2.24) is 9.88 Å². The van der Waals surface area contributed by atoms with Gasteiger partial charge in [0.05, 0.1) is 0 Å². The van der Waals surface area contributed by atoms with Gasteiger partial charge < -0.3 is 4.90 Å². The lowest BCUT2D eigenvalue weighted by atomic mass is 10.1. The Morgan fingerprint density at radius 3 is 2.52 bits per heavy atom. The van der Waals surface area contributed by atoms with Crippen LogP contribution in [0.5, 0.6) is 0 Å². The van der Waals surface area contributed by atoms with E-state index in [2.05, 4.69) is 48.9 Å². The van der Waals surface area contributed by atoms with Crippen LogP contribution in [0.2, 0.25) is 0 Å². The van der Waals surface area contributed by atoms with Crippen LogP contribution in [0.4, 0.5) is 0 Å². The van der Waals surface area contributed by atoms with Gasteiger partial charge in [-0.15, -0.1) is 0 Å². The SMILES string of the molecule is CC(C)CN1CCCCC1.Cc1ccc2cnccc2c1. The molecule has 2 aromatic rings. The molecule has 0 amide bonds. The Morgan fingerprint density at radius 2 is 1.81 bits per heavy atom. The van der Waals surface area contributed by atoms with E-state index in [0.29, 0.717) is 0 Å². The third kappa shape index (κ3) is 5.47. The quantitative estimate of drug-likeness (QED) is 0.796. The molecular weight excluding hydrogens is 256 g/mol. The summed E-state index contributed by atoms with van der Waals surface area (Å²) >= 11 is 0. The van der Waals surface area contributed by atoms with Gasteiger partial charge in [0.25, 0.3) is 0 Å². The largest absolute Gasteiger partial charge is 0.303 e. The van der Waals surface area contributed by atoms with E-state index in [0.717, 1.165) is 5.92 Å². The molecule has 0 saturated carbocycles. The molecule has 0 aliphatic carbocycles. The minimum absolute atomic E-state index is 0.845. The Kier molecular flexibility index (Phi) is 6.19. The van der Waals surface area contributed by atoms with Crippen LogP contribution in [0.1, 0.15) is 38.7 Å². The standard InChI is InChI=1S/C10H9N.C9H19N/c1-8-2-3-10-7-11-5-4-9(10)6-8;1-9(2)8-10-6-4-3-5-7-10/h2-7H,1H3;9H,3-8H2,1-2H3. The van der Waals surface area contributed by atoms with Gasteiger partial charge >= 0.3 is 0 Å². The normalized spacial score (nSPS) is 15.8. The fourth-order valence-electron chi connectivity index (χ4n) is 2.86. The lowest BCUT2D eigenvalue weighted by Crippen LogP contribution is -2.32. The Morgan fingerprint density at radius 1 is 1.05 bits per heavy atom. The van der Waals surface area contributed by atoms with Gasteiger partial charge in [-0.3, -0.25) is 4.98 Å². The molecule has 2 heterocycles. The van der Waals surface area contributed by atoms with Crippen LogP contribution in [-0.2, 0) is 0 Å². The maximum atomic E-state index is 4.04. The van der Waals surface area contributed by atoms with E-state index in [-0.39, 0.29) is 0 Å². The highest BCUT2D eigenvalue weighted by Crippen LogP contribution is 2.13. The number of nitrogens with zero attached hydrogens (tertiary/aromatic N) is 2. The molecule has 1 aliphatic rings. The average molecular weight is 284 g/mol. The molecule has 21 heavy (non-hydrogen) atoms. The predicted molar refractivity (Wildman–Crippen MR) is 91.6 cm³/mol. The van der Waals surface area contributed by atoms with Gasteiger partial charge in [0.2, 0.25) is 0 Å². The Labute approximate surface area is 129 Å². The van der Waals surface area contributed by atoms with Crippen molar-refractivity contribution in [2.45, 2.75) is 40.0 Å². The highest BCUT2D eigenvalue weighted by Gasteiger charge is 2.10. The summed E-state index contributed by atoms with van der Waals surface area (Å²) < 4.78 is 0. The third-order valence-corrected chi connectivity index (χ3v) is 3.87. The molecule has 2 heteroatoms. The summed E-state index contributed by atoms with van der Waals surface area (Å²) in [5.41, 5.74) is 1.30. The number of aryl methyl sites for hydroxylation is 1. The van der Waals surface area contributed by atoms with Crippen LogP contribution in [0.25, 0.3) is 10.8 Å². The number of hydrogen-bond acceptors (Lipinski definition) is 2. The van der Waals surface area contributed by atoms with E-state index in [1.165, 1.54) is 55.2 Å². The van der Waals surface area contributed by atoms with Gasteiger partial charge in [0.1, 0.15) is 0 Å². The van der Waals surface area contributed by atoms with Crippen molar-refractivity contribution >= 4 is 10.8 Å². The van der Waals surface area contributed by atoms with Gasteiger partial charge in [-0.25, -0.2) is 0 Å². The first kappa shape index (κ1) is 16.0. The van der Waals surface area contributed by atoms with Crippen LogP contribution in [-0.4, -0.2) is 29.5 Å². The first-order valence-corrected chi connectivity index (χ1v) is 8.18. The molecule has 1 aliphatic heterocycles. The molecule has 0 radical (unpaired) electrons. The van der Waals surface area contributed by atoms with Crippen LogP contribution in [0, 0.1) is 12.8 Å². The summed E-state index contributed by atoms with van der Waals surface area (Å²) in [5, 5.41) is 2.47. The monoisotopic (exact) mass is 284 g/mol. The smallest absolute Gasteiger partial charge is 0.0346 e. The Bertz CT molecular complexity index is 542. The molecule has 2 nitrogen and oxygen atoms in total. The minimum atomic E-state index is 0.845. The topological polar surface area (TPSA) is 16.1 Å². The molecule has 1 aromatic heterocycles. The van der Waals surface area contributed by atoms with Gasteiger partial charge in [0, 0.05) is 24.3 Å². The Hall–Kier alpha value is -1.41. The van der Waals surface area contributed by atoms with Crippen molar-refractivity contribution in [1.29, 1.82) is 0 Å². The lowest BCUT2D eigenvalue weighted by Gasteiger charge is -2.27. The van der Waals surface area contributed by atoms with E-state index < -0.39 is 0 Å². The molecule has 1 aromatic carbocycles. The number of pyridine rings is 1. The summed E-state index contributed by atoms with van der Waals surface area (Å²) in [6.45, 7) is 10.7. The molecule has 1 fully saturated rings. The van der Waals surface area contributed by atoms with Crippen molar-refractivity contribution in [2.24, 2.45) is 5.92 Å². The maximum absolute atomic E-state index is 4.04.